The van der Waals surface area contributed by atoms with Crippen molar-refractivity contribution in [2.45, 2.75) is 19.8 Å². The summed E-state index contributed by atoms with van der Waals surface area (Å²) in [4.78, 5) is 11.3. The number of hydrogen-bond acceptors (Lipinski definition) is 5. The molecule has 0 saturated carbocycles. The van der Waals surface area contributed by atoms with Gasteiger partial charge in [0, 0.05) is 13.2 Å². The summed E-state index contributed by atoms with van der Waals surface area (Å²) in [6.07, 6.45) is -0.782. The molecule has 1 amide bonds. The van der Waals surface area contributed by atoms with E-state index in [2.05, 4.69) is 0 Å². The molecule has 0 spiro atoms. The zero-order valence-corrected chi connectivity index (χ0v) is 10.2. The van der Waals surface area contributed by atoms with Crippen LogP contribution in [-0.2, 0) is 18.8 Å². The van der Waals surface area contributed by atoms with Crippen molar-refractivity contribution in [2.24, 2.45) is 0 Å². The first kappa shape index (κ1) is 12.8. The second-order valence-corrected chi connectivity index (χ2v) is 4.64. The van der Waals surface area contributed by atoms with E-state index in [-0.39, 0.29) is 6.61 Å². The first-order chi connectivity index (χ1) is 7.07. The highest BCUT2D eigenvalue weighted by molar-refractivity contribution is 7.72. The summed E-state index contributed by atoms with van der Waals surface area (Å²) in [7, 11) is -2.78. The highest BCUT2D eigenvalue weighted by atomic mass is 35.7. The van der Waals surface area contributed by atoms with Crippen LogP contribution in [0.2, 0.25) is 0 Å². The van der Waals surface area contributed by atoms with E-state index < -0.39 is 19.3 Å². The third kappa shape index (κ3) is 2.45. The number of carbonyl (C=O) groups is 1. The number of ether oxygens (including phenoxy) is 3. The minimum Gasteiger partial charge on any atom is -0.441 e. The SMILES string of the molecule is CCOC1(OCC)COC(=O)N1[PH](=O)Cl. The third-order valence-corrected chi connectivity index (χ3v) is 3.20. The van der Waals surface area contributed by atoms with E-state index in [0.29, 0.717) is 13.2 Å². The lowest BCUT2D eigenvalue weighted by molar-refractivity contribution is -0.269. The van der Waals surface area contributed by atoms with E-state index in [1.165, 1.54) is 0 Å². The van der Waals surface area contributed by atoms with Crippen LogP contribution in [0.5, 0.6) is 0 Å². The Labute approximate surface area is 93.0 Å². The average Bonchev–Trinajstić information content (AvgIpc) is 2.44. The van der Waals surface area contributed by atoms with Crippen LogP contribution in [0.4, 0.5) is 4.79 Å². The summed E-state index contributed by atoms with van der Waals surface area (Å²) >= 11 is 5.45. The van der Waals surface area contributed by atoms with E-state index >= 15 is 0 Å². The molecule has 1 rings (SSSR count). The molecule has 0 aromatic carbocycles. The summed E-state index contributed by atoms with van der Waals surface area (Å²) in [6, 6.07) is 0. The molecule has 0 radical (unpaired) electrons. The van der Waals surface area contributed by atoms with Crippen molar-refractivity contribution in [3.8, 4) is 0 Å². The van der Waals surface area contributed by atoms with Crippen molar-refractivity contribution < 1.29 is 23.6 Å². The summed E-state index contributed by atoms with van der Waals surface area (Å²) < 4.78 is 27.3. The maximum atomic E-state index is 11.3. The van der Waals surface area contributed by atoms with E-state index in [1.807, 2.05) is 0 Å². The van der Waals surface area contributed by atoms with Gasteiger partial charge in [0.05, 0.1) is 0 Å². The van der Waals surface area contributed by atoms with Gasteiger partial charge in [-0.2, -0.15) is 4.67 Å². The predicted octanol–water partition coefficient (Wildman–Crippen LogP) is 1.79. The summed E-state index contributed by atoms with van der Waals surface area (Å²) in [5.74, 6) is -1.43. The van der Waals surface area contributed by atoms with Gasteiger partial charge in [-0.05, 0) is 25.1 Å². The van der Waals surface area contributed by atoms with Crippen LogP contribution in [0, 0.1) is 0 Å². The first-order valence-corrected chi connectivity index (χ1v) is 6.88. The summed E-state index contributed by atoms with van der Waals surface area (Å²) in [5, 5.41) is 0. The van der Waals surface area contributed by atoms with E-state index in [1.54, 1.807) is 13.8 Å². The van der Waals surface area contributed by atoms with E-state index in [0.717, 1.165) is 4.67 Å². The molecule has 0 aliphatic carbocycles. The lowest BCUT2D eigenvalue weighted by Crippen LogP contribution is -2.47. The molecule has 0 aromatic heterocycles. The molecule has 0 bridgehead atoms. The largest absolute Gasteiger partial charge is 0.441 e. The van der Waals surface area contributed by atoms with Crippen LogP contribution in [0.3, 0.4) is 0 Å². The lowest BCUT2D eigenvalue weighted by Gasteiger charge is -2.31. The maximum Gasteiger partial charge on any atom is 0.420 e. The standard InChI is InChI=1S/C7H13ClNO5P/c1-3-13-7(14-4-2)5-12-6(10)9(7)15(8)11/h15H,3-5H2,1-2H3. The van der Waals surface area contributed by atoms with Gasteiger partial charge in [-0.1, -0.05) is 0 Å². The number of carbonyl (C=O) groups excluding carboxylic acids is 1. The van der Waals surface area contributed by atoms with E-state index in [4.69, 9.17) is 25.5 Å². The zero-order chi connectivity index (χ0) is 11.5. The van der Waals surface area contributed by atoms with Crippen LogP contribution >= 0.6 is 18.5 Å². The second kappa shape index (κ2) is 5.16. The molecule has 1 saturated heterocycles. The van der Waals surface area contributed by atoms with Gasteiger partial charge in [0.1, 0.15) is 0 Å². The van der Waals surface area contributed by atoms with Gasteiger partial charge in [-0.3, -0.25) is 4.57 Å². The Morgan fingerprint density at radius 3 is 2.47 bits per heavy atom. The number of halogens is 1. The molecule has 1 unspecified atom stereocenters. The Kier molecular flexibility index (Phi) is 4.40. The number of cyclic esters (lactones) is 1. The molecular formula is C7H13ClNO5P. The highest BCUT2D eigenvalue weighted by Crippen LogP contribution is 2.44. The maximum absolute atomic E-state index is 11.3. The van der Waals surface area contributed by atoms with Gasteiger partial charge in [-0.15, -0.1) is 0 Å². The van der Waals surface area contributed by atoms with E-state index in [9.17, 15) is 9.36 Å². The van der Waals surface area contributed by atoms with Gasteiger partial charge in [0.25, 0.3) is 13.2 Å². The summed E-state index contributed by atoms with van der Waals surface area (Å²) in [5.41, 5.74) is 0. The number of amides is 1. The first-order valence-electron chi connectivity index (χ1n) is 4.51. The molecule has 8 heteroatoms. The topological polar surface area (TPSA) is 65.1 Å². The molecule has 1 heterocycles. The Balaban J connectivity index is 2.94. The fourth-order valence-electron chi connectivity index (χ4n) is 1.33. The molecule has 0 aromatic rings. The molecule has 6 nitrogen and oxygen atoms in total. The van der Waals surface area contributed by atoms with Crippen LogP contribution in [0.15, 0.2) is 0 Å². The smallest absolute Gasteiger partial charge is 0.420 e. The van der Waals surface area contributed by atoms with Crippen molar-refractivity contribution in [3.05, 3.63) is 0 Å². The van der Waals surface area contributed by atoms with Crippen molar-refractivity contribution in [1.82, 2.24) is 4.67 Å². The molecule has 88 valence electrons. The van der Waals surface area contributed by atoms with Gasteiger partial charge in [0.15, 0.2) is 6.61 Å². The van der Waals surface area contributed by atoms with Gasteiger partial charge in [-0.25, -0.2) is 4.79 Å². The molecule has 0 N–H and O–H groups in total. The fourth-order valence-corrected chi connectivity index (χ4v) is 2.59. The zero-order valence-electron chi connectivity index (χ0n) is 8.49. The third-order valence-electron chi connectivity index (χ3n) is 1.82. The van der Waals surface area contributed by atoms with Crippen LogP contribution in [0.1, 0.15) is 13.8 Å². The molecule has 1 atom stereocenters. The normalized spacial score (nSPS) is 21.5. The van der Waals surface area contributed by atoms with Crippen molar-refractivity contribution in [2.75, 3.05) is 19.8 Å². The van der Waals surface area contributed by atoms with Crippen molar-refractivity contribution in [1.29, 1.82) is 0 Å². The minimum atomic E-state index is -2.78. The Morgan fingerprint density at radius 2 is 2.07 bits per heavy atom. The van der Waals surface area contributed by atoms with Crippen LogP contribution in [0.25, 0.3) is 0 Å². The number of hydrogen-bond donors (Lipinski definition) is 0. The molecule has 15 heavy (non-hydrogen) atoms. The molecular weight excluding hydrogens is 245 g/mol. The number of nitrogens with zero attached hydrogens (tertiary/aromatic N) is 1. The van der Waals surface area contributed by atoms with Gasteiger partial charge in [0.2, 0.25) is 0 Å². The van der Waals surface area contributed by atoms with Gasteiger partial charge < -0.3 is 14.2 Å². The van der Waals surface area contributed by atoms with Crippen molar-refractivity contribution >= 4 is 24.6 Å². The predicted molar refractivity (Wildman–Crippen MR) is 54.0 cm³/mol. The summed E-state index contributed by atoms with van der Waals surface area (Å²) in [6.45, 7) is 3.91. The Morgan fingerprint density at radius 1 is 1.53 bits per heavy atom. The highest BCUT2D eigenvalue weighted by Gasteiger charge is 2.52. The Hall–Kier alpha value is -0.290. The quantitative estimate of drug-likeness (QED) is 0.555. The monoisotopic (exact) mass is 257 g/mol. The van der Waals surface area contributed by atoms with Crippen molar-refractivity contribution in [3.63, 3.8) is 0 Å². The second-order valence-electron chi connectivity index (χ2n) is 2.72. The molecule has 1 aliphatic heterocycles. The minimum absolute atomic E-state index is 0.128. The average molecular weight is 258 g/mol. The Bertz CT molecular complexity index is 268. The van der Waals surface area contributed by atoms with Gasteiger partial charge >= 0.3 is 6.09 Å². The number of rotatable bonds is 5. The molecule has 1 fully saturated rings. The fraction of sp³-hybridized carbons (Fsp3) is 0.857. The van der Waals surface area contributed by atoms with Crippen LogP contribution in [-0.4, -0.2) is 36.5 Å². The lowest BCUT2D eigenvalue weighted by atomic mass is 10.5. The molecule has 1 aliphatic rings. The van der Waals surface area contributed by atoms with Crippen LogP contribution < -0.4 is 0 Å².